The average Bonchev–Trinajstić information content (AvgIpc) is 3.43. The van der Waals surface area contributed by atoms with Crippen molar-refractivity contribution in [1.82, 2.24) is 14.7 Å². The van der Waals surface area contributed by atoms with Gasteiger partial charge in [0.2, 0.25) is 5.91 Å². The van der Waals surface area contributed by atoms with Gasteiger partial charge in [-0.1, -0.05) is 45.1 Å². The Hall–Kier alpha value is -2.41. The third-order valence-electron chi connectivity index (χ3n) is 9.61. The second kappa shape index (κ2) is 9.47. The smallest absolute Gasteiger partial charge is 0.254 e. The molecule has 0 bridgehead atoms. The lowest BCUT2D eigenvalue weighted by molar-refractivity contribution is -0.163. The molecule has 5 rings (SSSR count). The molecule has 1 spiro atoms. The number of rotatable bonds is 6. The Morgan fingerprint density at radius 1 is 1.14 bits per heavy atom. The lowest BCUT2D eigenvalue weighted by Gasteiger charge is -2.53. The maximum atomic E-state index is 13.4. The van der Waals surface area contributed by atoms with Gasteiger partial charge in [-0.15, -0.1) is 0 Å². The number of aliphatic hydroxyl groups is 1. The Labute approximate surface area is 214 Å². The van der Waals surface area contributed by atoms with Crippen LogP contribution in [0, 0.1) is 17.3 Å². The normalized spacial score (nSPS) is 26.2. The molecule has 0 aromatic heterocycles. The summed E-state index contributed by atoms with van der Waals surface area (Å²) in [6.07, 6.45) is 9.07. The maximum absolute atomic E-state index is 13.4. The highest BCUT2D eigenvalue weighted by Gasteiger charge is 2.57. The Morgan fingerprint density at radius 3 is 2.50 bits per heavy atom. The molecule has 2 saturated carbocycles. The van der Waals surface area contributed by atoms with Crippen molar-refractivity contribution in [2.75, 3.05) is 33.7 Å². The summed E-state index contributed by atoms with van der Waals surface area (Å²) >= 11 is 0. The Bertz CT molecular complexity index is 1040. The third-order valence-corrected chi connectivity index (χ3v) is 9.61. The summed E-state index contributed by atoms with van der Waals surface area (Å²) < 4.78 is 0. The summed E-state index contributed by atoms with van der Waals surface area (Å²) in [6.45, 7) is 3.76. The molecule has 4 aliphatic rings. The van der Waals surface area contributed by atoms with Crippen LogP contribution >= 0.6 is 0 Å². The first-order valence-corrected chi connectivity index (χ1v) is 13.8. The molecule has 2 heterocycles. The minimum atomic E-state index is -1.04. The highest BCUT2D eigenvalue weighted by atomic mass is 16.3. The molecule has 36 heavy (non-hydrogen) atoms. The van der Waals surface area contributed by atoms with Gasteiger partial charge in [0, 0.05) is 56.2 Å². The van der Waals surface area contributed by atoms with Crippen LogP contribution < -0.4 is 0 Å². The standard InChI is InChI=1S/C29H41N3O4/c1-20(16-21-8-6-9-21)25(33)31-15-14-29(36,28(18-31)12-4-5-13-28)19-32-17-24-22(26(34)30(2)3)10-7-11-23(24)27(32)35/h7,10-11,20-21,36H,4-6,8-9,12-19H2,1-3H3/t20?,29-/m1/s1. The Kier molecular flexibility index (Phi) is 6.64. The average molecular weight is 496 g/mol. The number of hydrogen-bond acceptors (Lipinski definition) is 4. The highest BCUT2D eigenvalue weighted by Crippen LogP contribution is 2.52. The number of hydrogen-bond donors (Lipinski definition) is 1. The van der Waals surface area contributed by atoms with E-state index in [2.05, 4.69) is 6.92 Å². The van der Waals surface area contributed by atoms with Gasteiger partial charge in [-0.3, -0.25) is 14.4 Å². The lowest BCUT2D eigenvalue weighted by Crippen LogP contribution is -2.64. The van der Waals surface area contributed by atoms with Gasteiger partial charge in [-0.2, -0.15) is 0 Å². The zero-order chi connectivity index (χ0) is 25.7. The molecule has 1 N–H and O–H groups in total. The zero-order valence-electron chi connectivity index (χ0n) is 22.1. The van der Waals surface area contributed by atoms with E-state index in [1.54, 1.807) is 37.2 Å². The second-order valence-electron chi connectivity index (χ2n) is 12.2. The van der Waals surface area contributed by atoms with Gasteiger partial charge in [0.25, 0.3) is 11.8 Å². The maximum Gasteiger partial charge on any atom is 0.254 e. The van der Waals surface area contributed by atoms with Crippen molar-refractivity contribution in [2.24, 2.45) is 17.3 Å². The molecule has 0 radical (unpaired) electrons. The van der Waals surface area contributed by atoms with Crippen LogP contribution in [0.5, 0.6) is 0 Å². The predicted octanol–water partition coefficient (Wildman–Crippen LogP) is 3.69. The molecule has 2 aliphatic heterocycles. The molecule has 1 saturated heterocycles. The van der Waals surface area contributed by atoms with Crippen LogP contribution in [0.2, 0.25) is 0 Å². The number of β-amino-alcohol motifs (C(OH)–C–C–N with tert-alkyl or cyclic N) is 1. The molecule has 1 aromatic carbocycles. The van der Waals surface area contributed by atoms with Gasteiger partial charge >= 0.3 is 0 Å². The first-order valence-electron chi connectivity index (χ1n) is 13.8. The molecular weight excluding hydrogens is 454 g/mol. The Morgan fingerprint density at radius 2 is 1.86 bits per heavy atom. The largest absolute Gasteiger partial charge is 0.387 e. The third kappa shape index (κ3) is 4.23. The number of amides is 3. The first-order chi connectivity index (χ1) is 17.1. The number of carbonyl (C=O) groups excluding carboxylic acids is 3. The van der Waals surface area contributed by atoms with Crippen molar-refractivity contribution < 1.29 is 19.5 Å². The lowest BCUT2D eigenvalue weighted by atomic mass is 9.65. The van der Waals surface area contributed by atoms with Crippen molar-refractivity contribution in [3.63, 3.8) is 0 Å². The van der Waals surface area contributed by atoms with Crippen molar-refractivity contribution in [3.05, 3.63) is 34.9 Å². The molecule has 7 heteroatoms. The molecule has 2 aliphatic carbocycles. The van der Waals surface area contributed by atoms with Crippen LogP contribution in [0.15, 0.2) is 18.2 Å². The number of carbonyl (C=O) groups is 3. The summed E-state index contributed by atoms with van der Waals surface area (Å²) in [5.74, 6) is 0.718. The number of fused-ring (bicyclic) bond motifs is 1. The van der Waals surface area contributed by atoms with Crippen LogP contribution in [0.25, 0.3) is 0 Å². The SMILES string of the molecule is CC(CC1CCC1)C(=O)N1CC[C@@](O)(CN2Cc3c(C(=O)N(C)C)cccc3C2=O)C2(CCCC2)C1. The number of nitrogens with zero attached hydrogens (tertiary/aromatic N) is 3. The van der Waals surface area contributed by atoms with Crippen molar-refractivity contribution >= 4 is 17.7 Å². The highest BCUT2D eigenvalue weighted by molar-refractivity contribution is 6.04. The fourth-order valence-electron chi connectivity index (χ4n) is 7.20. The summed E-state index contributed by atoms with van der Waals surface area (Å²) in [7, 11) is 3.43. The van der Waals surface area contributed by atoms with Crippen LogP contribution in [-0.2, 0) is 11.3 Å². The van der Waals surface area contributed by atoms with Gasteiger partial charge in [0.15, 0.2) is 0 Å². The van der Waals surface area contributed by atoms with E-state index in [0.717, 1.165) is 37.7 Å². The molecule has 3 fully saturated rings. The van der Waals surface area contributed by atoms with E-state index in [9.17, 15) is 19.5 Å². The monoisotopic (exact) mass is 495 g/mol. The van der Waals surface area contributed by atoms with Crippen LogP contribution in [0.1, 0.15) is 91.0 Å². The second-order valence-corrected chi connectivity index (χ2v) is 12.2. The van der Waals surface area contributed by atoms with Gasteiger partial charge in [0.05, 0.1) is 12.1 Å². The van der Waals surface area contributed by atoms with Crippen LogP contribution in [0.4, 0.5) is 0 Å². The van der Waals surface area contributed by atoms with Crippen molar-refractivity contribution in [2.45, 2.75) is 76.9 Å². The van der Waals surface area contributed by atoms with E-state index >= 15 is 0 Å². The Balaban J connectivity index is 1.33. The summed E-state index contributed by atoms with van der Waals surface area (Å²) in [6, 6.07) is 5.32. The topological polar surface area (TPSA) is 81.2 Å². The predicted molar refractivity (Wildman–Crippen MR) is 137 cm³/mol. The van der Waals surface area contributed by atoms with E-state index in [1.165, 1.54) is 24.2 Å². The molecule has 2 atom stereocenters. The van der Waals surface area contributed by atoms with Crippen molar-refractivity contribution in [3.8, 4) is 0 Å². The van der Waals surface area contributed by atoms with Gasteiger partial charge in [0.1, 0.15) is 0 Å². The molecule has 3 amide bonds. The van der Waals surface area contributed by atoms with E-state index < -0.39 is 5.60 Å². The van der Waals surface area contributed by atoms with Gasteiger partial charge < -0.3 is 19.8 Å². The summed E-state index contributed by atoms with van der Waals surface area (Å²) in [5.41, 5.74) is 0.443. The van der Waals surface area contributed by atoms with Crippen LogP contribution in [0.3, 0.4) is 0 Å². The molecular formula is C29H41N3O4. The molecule has 1 unspecified atom stereocenters. The number of benzene rings is 1. The summed E-state index contributed by atoms with van der Waals surface area (Å²) in [4.78, 5) is 44.8. The fourth-order valence-corrected chi connectivity index (χ4v) is 7.20. The minimum absolute atomic E-state index is 0.0299. The minimum Gasteiger partial charge on any atom is -0.387 e. The quantitative estimate of drug-likeness (QED) is 0.653. The molecule has 196 valence electrons. The van der Waals surface area contributed by atoms with Crippen LogP contribution in [-0.4, -0.2) is 76.9 Å². The number of piperidine rings is 1. The summed E-state index contributed by atoms with van der Waals surface area (Å²) in [5, 5.41) is 12.2. The molecule has 1 aromatic rings. The zero-order valence-corrected chi connectivity index (χ0v) is 22.1. The fraction of sp³-hybridized carbons (Fsp3) is 0.690. The number of likely N-dealkylation sites (tertiary alicyclic amines) is 1. The van der Waals surface area contributed by atoms with Gasteiger partial charge in [-0.25, -0.2) is 0 Å². The molecule has 7 nitrogen and oxygen atoms in total. The first kappa shape index (κ1) is 25.2. The van der Waals surface area contributed by atoms with E-state index in [4.69, 9.17) is 0 Å². The van der Waals surface area contributed by atoms with Gasteiger partial charge in [-0.05, 0) is 49.3 Å². The van der Waals surface area contributed by atoms with E-state index in [0.29, 0.717) is 43.1 Å². The van der Waals surface area contributed by atoms with Crippen molar-refractivity contribution in [1.29, 1.82) is 0 Å². The van der Waals surface area contributed by atoms with E-state index in [1.807, 2.05) is 4.90 Å². The van der Waals surface area contributed by atoms with E-state index in [-0.39, 0.29) is 35.6 Å².